The molecule has 1 unspecified atom stereocenters. The van der Waals surface area contributed by atoms with Crippen molar-refractivity contribution >= 4 is 17.7 Å². The van der Waals surface area contributed by atoms with Gasteiger partial charge in [0, 0.05) is 17.4 Å². The Morgan fingerprint density at radius 3 is 2.95 bits per heavy atom. The first-order valence-electron chi connectivity index (χ1n) is 6.36. The summed E-state index contributed by atoms with van der Waals surface area (Å²) in [6, 6.07) is 3.85. The van der Waals surface area contributed by atoms with Crippen LogP contribution in [0.15, 0.2) is 18.2 Å². The second kappa shape index (κ2) is 8.62. The Bertz CT molecular complexity index is 522. The van der Waals surface area contributed by atoms with Crippen LogP contribution >= 0.6 is 11.8 Å². The molecule has 2 N–H and O–H groups in total. The number of amides is 1. The lowest BCUT2D eigenvalue weighted by atomic mass is 10.1. The highest BCUT2D eigenvalue weighted by atomic mass is 32.2. The minimum atomic E-state index is -0.486. The van der Waals surface area contributed by atoms with E-state index in [4.69, 9.17) is 5.11 Å². The molecule has 0 saturated heterocycles. The quantitative estimate of drug-likeness (QED) is 0.817. The molecular formula is C15H18FNO2S. The summed E-state index contributed by atoms with van der Waals surface area (Å²) in [6.45, 7) is 3.65. The van der Waals surface area contributed by atoms with Gasteiger partial charge in [0.05, 0.1) is 5.56 Å². The molecule has 1 amide bonds. The number of benzene rings is 1. The minimum absolute atomic E-state index is 0.00521. The van der Waals surface area contributed by atoms with E-state index in [2.05, 4.69) is 17.2 Å². The molecule has 0 aliphatic heterocycles. The van der Waals surface area contributed by atoms with Gasteiger partial charge in [-0.15, -0.1) is 0 Å². The van der Waals surface area contributed by atoms with E-state index in [9.17, 15) is 9.18 Å². The maximum Gasteiger partial charge on any atom is 0.252 e. The summed E-state index contributed by atoms with van der Waals surface area (Å²) in [5.74, 6) is 6.06. The summed E-state index contributed by atoms with van der Waals surface area (Å²) in [5.41, 5.74) is 0.604. The van der Waals surface area contributed by atoms with Gasteiger partial charge in [-0.25, -0.2) is 4.39 Å². The number of carbonyl (C=O) groups excluding carboxylic acids is 1. The summed E-state index contributed by atoms with van der Waals surface area (Å²) in [5, 5.41) is 11.5. The molecule has 0 fully saturated rings. The Balaban J connectivity index is 2.88. The third kappa shape index (κ3) is 5.24. The fourth-order valence-corrected chi connectivity index (χ4v) is 2.26. The monoisotopic (exact) mass is 295 g/mol. The van der Waals surface area contributed by atoms with Crippen LogP contribution in [0.4, 0.5) is 4.39 Å². The Morgan fingerprint density at radius 2 is 2.30 bits per heavy atom. The van der Waals surface area contributed by atoms with Crippen LogP contribution in [0.5, 0.6) is 0 Å². The topological polar surface area (TPSA) is 49.3 Å². The van der Waals surface area contributed by atoms with Gasteiger partial charge in [-0.05, 0) is 30.9 Å². The van der Waals surface area contributed by atoms with Gasteiger partial charge in [0.2, 0.25) is 0 Å². The van der Waals surface area contributed by atoms with Gasteiger partial charge in [-0.1, -0.05) is 18.8 Å². The SMILES string of the molecule is CCSCC(C)NC(=O)c1cc(F)ccc1C#CCO. The normalized spacial score (nSPS) is 11.4. The molecule has 0 saturated carbocycles. The van der Waals surface area contributed by atoms with E-state index in [1.807, 2.05) is 13.8 Å². The van der Waals surface area contributed by atoms with Crippen molar-refractivity contribution < 1.29 is 14.3 Å². The van der Waals surface area contributed by atoms with Crippen LogP contribution in [0.2, 0.25) is 0 Å². The standard InChI is InChI=1S/C15H18FNO2S/c1-3-20-10-11(2)17-15(19)14-9-13(16)7-6-12(14)5-4-8-18/h6-7,9,11,18H,3,8,10H2,1-2H3,(H,17,19). The van der Waals surface area contributed by atoms with Gasteiger partial charge >= 0.3 is 0 Å². The van der Waals surface area contributed by atoms with Gasteiger partial charge < -0.3 is 10.4 Å². The molecule has 0 aliphatic carbocycles. The third-order valence-corrected chi connectivity index (χ3v) is 3.62. The average molecular weight is 295 g/mol. The molecule has 1 atom stereocenters. The zero-order valence-electron chi connectivity index (χ0n) is 11.6. The van der Waals surface area contributed by atoms with Crippen LogP contribution in [0.25, 0.3) is 0 Å². The molecule has 5 heteroatoms. The molecule has 0 spiro atoms. The van der Waals surface area contributed by atoms with Crippen molar-refractivity contribution in [3.63, 3.8) is 0 Å². The summed E-state index contributed by atoms with van der Waals surface area (Å²) < 4.78 is 13.3. The predicted molar refractivity (Wildman–Crippen MR) is 80.3 cm³/mol. The Hall–Kier alpha value is -1.51. The molecule has 3 nitrogen and oxygen atoms in total. The molecule has 0 aromatic heterocycles. The number of thioether (sulfide) groups is 1. The molecule has 1 rings (SSSR count). The van der Waals surface area contributed by atoms with Gasteiger partial charge in [-0.3, -0.25) is 4.79 Å². The lowest BCUT2D eigenvalue weighted by molar-refractivity contribution is 0.0943. The Labute approximate surface area is 123 Å². The maximum absolute atomic E-state index is 13.3. The van der Waals surface area contributed by atoms with E-state index in [0.717, 1.165) is 17.6 Å². The Kier molecular flexibility index (Phi) is 7.13. The number of carbonyl (C=O) groups is 1. The summed E-state index contributed by atoms with van der Waals surface area (Å²) in [4.78, 5) is 12.1. The molecule has 0 aliphatic rings. The first-order valence-corrected chi connectivity index (χ1v) is 7.51. The van der Waals surface area contributed by atoms with Crippen LogP contribution in [0.3, 0.4) is 0 Å². The van der Waals surface area contributed by atoms with Gasteiger partial charge in [0.25, 0.3) is 5.91 Å². The highest BCUT2D eigenvalue weighted by Gasteiger charge is 2.14. The number of rotatable bonds is 5. The molecule has 0 radical (unpaired) electrons. The van der Waals surface area contributed by atoms with Crippen molar-refractivity contribution in [2.24, 2.45) is 0 Å². The van der Waals surface area contributed by atoms with Crippen molar-refractivity contribution in [3.8, 4) is 11.8 Å². The van der Waals surface area contributed by atoms with Crippen molar-refractivity contribution in [2.45, 2.75) is 19.9 Å². The van der Waals surface area contributed by atoms with Crippen molar-refractivity contribution in [1.82, 2.24) is 5.32 Å². The Morgan fingerprint density at radius 1 is 1.55 bits per heavy atom. The molecule has 20 heavy (non-hydrogen) atoms. The van der Waals surface area contributed by atoms with Crippen molar-refractivity contribution in [3.05, 3.63) is 35.1 Å². The number of hydrogen-bond acceptors (Lipinski definition) is 3. The van der Waals surface area contributed by atoms with E-state index in [-0.39, 0.29) is 24.1 Å². The first-order chi connectivity index (χ1) is 9.58. The smallest absolute Gasteiger partial charge is 0.252 e. The molecule has 0 bridgehead atoms. The minimum Gasteiger partial charge on any atom is -0.384 e. The second-order valence-corrected chi connectivity index (χ2v) is 5.50. The summed E-state index contributed by atoms with van der Waals surface area (Å²) in [7, 11) is 0. The second-order valence-electron chi connectivity index (χ2n) is 4.18. The van der Waals surface area contributed by atoms with E-state index in [1.165, 1.54) is 12.1 Å². The van der Waals surface area contributed by atoms with E-state index in [0.29, 0.717) is 5.56 Å². The predicted octanol–water partition coefficient (Wildman–Crippen LogP) is 2.04. The van der Waals surface area contributed by atoms with E-state index >= 15 is 0 Å². The van der Waals surface area contributed by atoms with Gasteiger partial charge in [0.1, 0.15) is 12.4 Å². The van der Waals surface area contributed by atoms with E-state index < -0.39 is 5.82 Å². The van der Waals surface area contributed by atoms with Crippen LogP contribution in [-0.4, -0.2) is 35.2 Å². The summed E-state index contributed by atoms with van der Waals surface area (Å²) in [6.07, 6.45) is 0. The largest absolute Gasteiger partial charge is 0.384 e. The third-order valence-electron chi connectivity index (χ3n) is 2.48. The fraction of sp³-hybridized carbons (Fsp3) is 0.400. The zero-order chi connectivity index (χ0) is 15.0. The van der Waals surface area contributed by atoms with Crippen LogP contribution < -0.4 is 5.32 Å². The number of aliphatic hydroxyl groups is 1. The lowest BCUT2D eigenvalue weighted by Crippen LogP contribution is -2.34. The van der Waals surface area contributed by atoms with Crippen molar-refractivity contribution in [2.75, 3.05) is 18.1 Å². The zero-order valence-corrected chi connectivity index (χ0v) is 12.4. The highest BCUT2D eigenvalue weighted by Crippen LogP contribution is 2.11. The number of hydrogen-bond donors (Lipinski definition) is 2. The maximum atomic E-state index is 13.3. The van der Waals surface area contributed by atoms with Crippen LogP contribution in [0.1, 0.15) is 29.8 Å². The van der Waals surface area contributed by atoms with Crippen LogP contribution in [-0.2, 0) is 0 Å². The fourth-order valence-electron chi connectivity index (χ4n) is 1.59. The van der Waals surface area contributed by atoms with Crippen LogP contribution in [0, 0.1) is 17.7 Å². The first kappa shape index (κ1) is 16.5. The average Bonchev–Trinajstić information content (AvgIpc) is 2.43. The molecule has 1 aromatic carbocycles. The molecule has 108 valence electrons. The molecule has 0 heterocycles. The number of nitrogens with one attached hydrogen (secondary N) is 1. The highest BCUT2D eigenvalue weighted by molar-refractivity contribution is 7.99. The molecule has 1 aromatic rings. The summed E-state index contributed by atoms with van der Waals surface area (Å²) >= 11 is 1.72. The van der Waals surface area contributed by atoms with Gasteiger partial charge in [-0.2, -0.15) is 11.8 Å². The number of aliphatic hydroxyl groups excluding tert-OH is 1. The molecular weight excluding hydrogens is 277 g/mol. The lowest BCUT2D eigenvalue weighted by Gasteiger charge is -2.14. The van der Waals surface area contributed by atoms with E-state index in [1.54, 1.807) is 11.8 Å². The van der Waals surface area contributed by atoms with Crippen molar-refractivity contribution in [1.29, 1.82) is 0 Å². The number of halogens is 1. The van der Waals surface area contributed by atoms with Gasteiger partial charge in [0.15, 0.2) is 0 Å².